The van der Waals surface area contributed by atoms with E-state index in [4.69, 9.17) is 11.6 Å². The van der Waals surface area contributed by atoms with Gasteiger partial charge in [0.2, 0.25) is 0 Å². The van der Waals surface area contributed by atoms with E-state index in [1.807, 2.05) is 90.7 Å². The number of rotatable bonds is 3. The van der Waals surface area contributed by atoms with Gasteiger partial charge in [0, 0.05) is 22.2 Å². The molecular weight excluding hydrogens is 430 g/mol. The van der Waals surface area contributed by atoms with Crippen LogP contribution in [-0.4, -0.2) is 17.9 Å². The van der Waals surface area contributed by atoms with Crippen LogP contribution in [0.15, 0.2) is 78.9 Å². The zero-order valence-electron chi connectivity index (χ0n) is 17.9. The lowest BCUT2D eigenvalue weighted by Crippen LogP contribution is -2.44. The van der Waals surface area contributed by atoms with E-state index >= 15 is 0 Å². The van der Waals surface area contributed by atoms with Crippen molar-refractivity contribution in [1.82, 2.24) is 0 Å². The van der Waals surface area contributed by atoms with Crippen molar-refractivity contribution in [3.8, 4) is 12.1 Å². The Morgan fingerprint density at radius 2 is 1.70 bits per heavy atom. The van der Waals surface area contributed by atoms with E-state index in [0.29, 0.717) is 10.6 Å². The quantitative estimate of drug-likeness (QED) is 0.464. The molecule has 4 nitrogen and oxygen atoms in total. The number of hydrogen-bond acceptors (Lipinski definition) is 4. The van der Waals surface area contributed by atoms with Gasteiger partial charge < -0.3 is 4.90 Å². The van der Waals surface area contributed by atoms with Crippen molar-refractivity contribution < 1.29 is 4.79 Å². The normalized spacial score (nSPS) is 22.1. The molecule has 0 N–H and O–H groups in total. The minimum absolute atomic E-state index is 0.101. The minimum atomic E-state index is -1.45. The van der Waals surface area contributed by atoms with Crippen molar-refractivity contribution in [1.29, 1.82) is 10.5 Å². The molecule has 0 radical (unpaired) electrons. The van der Waals surface area contributed by atoms with Gasteiger partial charge in [-0.15, -0.1) is 0 Å². The van der Waals surface area contributed by atoms with Crippen LogP contribution in [0, 0.1) is 35.0 Å². The molecule has 3 atom stereocenters. The smallest absolute Gasteiger partial charge is 0.186 e. The highest BCUT2D eigenvalue weighted by atomic mass is 35.5. The van der Waals surface area contributed by atoms with Gasteiger partial charge in [-0.05, 0) is 41.8 Å². The molecule has 0 saturated carbocycles. The largest absolute Gasteiger partial charge is 0.351 e. The number of aryl methyl sites for hydroxylation is 1. The summed E-state index contributed by atoms with van der Waals surface area (Å²) in [5.74, 6) is -0.743. The third-order valence-electron chi connectivity index (χ3n) is 6.81. The van der Waals surface area contributed by atoms with Gasteiger partial charge in [-0.2, -0.15) is 10.5 Å². The molecule has 2 aliphatic rings. The molecule has 1 saturated heterocycles. The highest BCUT2D eigenvalue weighted by Gasteiger charge is 2.63. The van der Waals surface area contributed by atoms with Gasteiger partial charge in [0.25, 0.3) is 0 Å². The fraction of sp³-hybridized carbons (Fsp3) is 0.179. The molecular formula is C28H20ClN3O. The second-order valence-electron chi connectivity index (χ2n) is 8.52. The number of Topliss-reactive ketones (excluding diaryl/α,β-unsaturated/α-hetero) is 1. The third-order valence-corrected chi connectivity index (χ3v) is 7.04. The fourth-order valence-electron chi connectivity index (χ4n) is 5.31. The van der Waals surface area contributed by atoms with Gasteiger partial charge in [0.1, 0.15) is 6.04 Å². The molecule has 0 unspecified atom stereocenters. The fourth-order valence-corrected chi connectivity index (χ4v) is 5.49. The van der Waals surface area contributed by atoms with E-state index in [1.165, 1.54) is 0 Å². The highest BCUT2D eigenvalue weighted by Crippen LogP contribution is 2.55. The van der Waals surface area contributed by atoms with Gasteiger partial charge in [0.15, 0.2) is 11.2 Å². The highest BCUT2D eigenvalue weighted by molar-refractivity contribution is 6.30. The number of carbonyl (C=O) groups excluding carboxylic acids is 1. The summed E-state index contributed by atoms with van der Waals surface area (Å²) >= 11 is 6.25. The Hall–Kier alpha value is -3.86. The van der Waals surface area contributed by atoms with Crippen molar-refractivity contribution in [2.75, 3.05) is 4.90 Å². The van der Waals surface area contributed by atoms with Gasteiger partial charge in [-0.1, -0.05) is 78.4 Å². The zero-order valence-corrected chi connectivity index (χ0v) is 18.7. The summed E-state index contributed by atoms with van der Waals surface area (Å²) in [6.45, 7) is 1.91. The summed E-state index contributed by atoms with van der Waals surface area (Å²) in [7, 11) is 0. The molecule has 3 aromatic carbocycles. The number of nitrogens with zero attached hydrogens (tertiary/aromatic N) is 3. The maximum Gasteiger partial charge on any atom is 0.186 e. The minimum Gasteiger partial charge on any atom is -0.351 e. The number of halogens is 1. The van der Waals surface area contributed by atoms with Crippen molar-refractivity contribution in [2.24, 2.45) is 5.41 Å². The Balaban J connectivity index is 1.80. The molecule has 33 heavy (non-hydrogen) atoms. The maximum absolute atomic E-state index is 14.2. The predicted octanol–water partition coefficient (Wildman–Crippen LogP) is 5.93. The Bertz CT molecular complexity index is 1350. The van der Waals surface area contributed by atoms with Gasteiger partial charge in [-0.3, -0.25) is 4.79 Å². The first kappa shape index (κ1) is 21.0. The second kappa shape index (κ2) is 7.93. The molecule has 0 amide bonds. The van der Waals surface area contributed by atoms with Crippen LogP contribution >= 0.6 is 11.6 Å². The second-order valence-corrected chi connectivity index (χ2v) is 8.96. The molecule has 0 bridgehead atoms. The number of ketones is 1. The van der Waals surface area contributed by atoms with Crippen LogP contribution in [0.4, 0.5) is 5.69 Å². The first-order chi connectivity index (χ1) is 16.0. The summed E-state index contributed by atoms with van der Waals surface area (Å²) in [6.07, 6.45) is 3.76. The lowest BCUT2D eigenvalue weighted by Gasteiger charge is -2.35. The monoisotopic (exact) mass is 449 g/mol. The van der Waals surface area contributed by atoms with Crippen molar-refractivity contribution in [3.63, 3.8) is 0 Å². The topological polar surface area (TPSA) is 67.9 Å². The van der Waals surface area contributed by atoms with Crippen LogP contribution in [0.3, 0.4) is 0 Å². The van der Waals surface area contributed by atoms with Gasteiger partial charge in [0.05, 0.1) is 18.2 Å². The number of carbonyl (C=O) groups is 1. The Labute approximate surface area is 198 Å². The number of benzene rings is 3. The van der Waals surface area contributed by atoms with E-state index in [0.717, 1.165) is 22.4 Å². The van der Waals surface area contributed by atoms with Crippen molar-refractivity contribution in [2.45, 2.75) is 24.9 Å². The van der Waals surface area contributed by atoms with Crippen molar-refractivity contribution >= 4 is 29.1 Å². The average Bonchev–Trinajstić information content (AvgIpc) is 3.15. The molecule has 3 aromatic rings. The van der Waals surface area contributed by atoms with E-state index in [-0.39, 0.29) is 5.78 Å². The van der Waals surface area contributed by atoms with Crippen LogP contribution in [0.2, 0.25) is 5.02 Å². The van der Waals surface area contributed by atoms with Crippen LogP contribution in [0.25, 0.3) is 6.08 Å². The lowest BCUT2D eigenvalue weighted by atomic mass is 9.69. The maximum atomic E-state index is 14.2. The van der Waals surface area contributed by atoms with E-state index in [9.17, 15) is 15.3 Å². The zero-order chi connectivity index (χ0) is 23.2. The predicted molar refractivity (Wildman–Crippen MR) is 129 cm³/mol. The molecule has 0 spiro atoms. The van der Waals surface area contributed by atoms with Crippen LogP contribution in [0.1, 0.15) is 33.0 Å². The van der Waals surface area contributed by atoms with Crippen molar-refractivity contribution in [3.05, 3.63) is 106 Å². The van der Waals surface area contributed by atoms with E-state index < -0.39 is 23.4 Å². The third kappa shape index (κ3) is 3.07. The first-order valence-electron chi connectivity index (χ1n) is 10.7. The summed E-state index contributed by atoms with van der Waals surface area (Å²) in [6, 6.07) is 25.8. The summed E-state index contributed by atoms with van der Waals surface area (Å²) in [5, 5.41) is 21.5. The molecule has 2 heterocycles. The van der Waals surface area contributed by atoms with Crippen LogP contribution in [0.5, 0.6) is 0 Å². The molecule has 0 aromatic heterocycles. The van der Waals surface area contributed by atoms with Crippen LogP contribution < -0.4 is 4.90 Å². The van der Waals surface area contributed by atoms with E-state index in [1.54, 1.807) is 6.07 Å². The van der Waals surface area contributed by atoms with Gasteiger partial charge >= 0.3 is 0 Å². The Kier molecular flexibility index (Phi) is 5.05. The number of anilines is 1. The molecule has 1 fully saturated rings. The SMILES string of the molecule is Cc1ccccc1C(=O)[C@@H]1[C@@H](c2ccccc2)C(C#N)(C#N)[C@H]2C=Cc3cc(Cl)ccc3N12. The molecule has 160 valence electrons. The Morgan fingerprint density at radius 1 is 1.00 bits per heavy atom. The average molecular weight is 450 g/mol. The Morgan fingerprint density at radius 3 is 2.39 bits per heavy atom. The number of hydrogen-bond donors (Lipinski definition) is 0. The summed E-state index contributed by atoms with van der Waals surface area (Å²) in [4.78, 5) is 16.2. The number of nitriles is 2. The molecule has 0 aliphatic carbocycles. The number of fused-ring (bicyclic) bond motifs is 3. The first-order valence-corrected chi connectivity index (χ1v) is 11.1. The summed E-state index contributed by atoms with van der Waals surface area (Å²) < 4.78 is 0. The molecule has 5 rings (SSSR count). The van der Waals surface area contributed by atoms with E-state index in [2.05, 4.69) is 12.1 Å². The summed E-state index contributed by atoms with van der Waals surface area (Å²) in [5.41, 5.74) is 2.47. The molecule has 2 aliphatic heterocycles. The van der Waals surface area contributed by atoms with Crippen LogP contribution in [-0.2, 0) is 0 Å². The lowest BCUT2D eigenvalue weighted by molar-refractivity contribution is 0.0950. The van der Waals surface area contributed by atoms with Gasteiger partial charge in [-0.25, -0.2) is 0 Å². The molecule has 5 heteroatoms. The standard InChI is InChI=1S/C28H20ClN3O/c1-18-7-5-6-10-22(18)27(33)26-25(19-8-3-2-4-9-19)28(16-30,17-31)24-14-11-20-15-21(29)12-13-23(20)32(24)26/h2-15,24-26H,1H3/t24-,25-,26+/m1/s1.